The molecule has 0 aromatic rings. The largest absolute Gasteiger partial charge is 1.00 e. The Kier molecular flexibility index (Phi) is 13.7. The van der Waals surface area contributed by atoms with Crippen molar-refractivity contribution in [1.82, 2.24) is 0 Å². The number of rotatable bonds is 6. The topological polar surface area (TPSA) is 135 Å². The average molecular weight is 314 g/mol. The summed E-state index contributed by atoms with van der Waals surface area (Å²) < 4.78 is 27.4. The molecule has 0 saturated carbocycles. The van der Waals surface area contributed by atoms with Crippen molar-refractivity contribution < 1.29 is 136 Å². The molecule has 0 aliphatic carbocycles. The first-order chi connectivity index (χ1) is 6.67. The predicted octanol–water partition coefficient (Wildman–Crippen LogP) is -8.91. The van der Waals surface area contributed by atoms with Gasteiger partial charge in [-0.2, -0.15) is 8.42 Å². The SMILES string of the molecule is C=CCC(CC(=O)[O-])(C(=O)[O-])S(=O)(=O)O.[K+].[K+]. The Morgan fingerprint density at radius 3 is 1.88 bits per heavy atom. The van der Waals surface area contributed by atoms with Gasteiger partial charge in [-0.1, -0.05) is 6.08 Å². The second-order valence-corrected chi connectivity index (χ2v) is 4.53. The fraction of sp³-hybridized carbons (Fsp3) is 0.429. The molecule has 0 rings (SSSR count). The number of hydrogen-bond acceptors (Lipinski definition) is 6. The molecule has 0 heterocycles. The smallest absolute Gasteiger partial charge is 0.550 e. The van der Waals surface area contributed by atoms with Crippen LogP contribution in [0.1, 0.15) is 12.8 Å². The molecule has 0 aliphatic heterocycles. The van der Waals surface area contributed by atoms with Gasteiger partial charge in [0.25, 0.3) is 10.1 Å². The number of carboxylic acid groups (broad SMARTS) is 2. The van der Waals surface area contributed by atoms with Gasteiger partial charge in [-0.25, -0.2) is 0 Å². The van der Waals surface area contributed by atoms with Gasteiger partial charge in [0.05, 0.1) is 5.97 Å². The van der Waals surface area contributed by atoms with Crippen LogP contribution in [0.15, 0.2) is 12.7 Å². The maximum Gasteiger partial charge on any atom is 1.00 e. The fourth-order valence-corrected chi connectivity index (χ4v) is 1.84. The Labute approximate surface area is 184 Å². The fourth-order valence-electron chi connectivity index (χ4n) is 0.996. The molecule has 86 valence electrons. The van der Waals surface area contributed by atoms with Crippen LogP contribution in [0.4, 0.5) is 0 Å². The molecular weight excluding hydrogens is 306 g/mol. The van der Waals surface area contributed by atoms with E-state index in [1.54, 1.807) is 0 Å². The third-order valence-electron chi connectivity index (χ3n) is 1.77. The van der Waals surface area contributed by atoms with E-state index in [1.807, 2.05) is 0 Å². The van der Waals surface area contributed by atoms with Crippen LogP contribution < -0.4 is 113 Å². The molecule has 0 radical (unpaired) electrons. The van der Waals surface area contributed by atoms with Gasteiger partial charge in [-0.05, 0) is 6.42 Å². The molecule has 1 N–H and O–H groups in total. The van der Waals surface area contributed by atoms with E-state index in [0.717, 1.165) is 6.08 Å². The number of allylic oxidation sites excluding steroid dienone is 1. The van der Waals surface area contributed by atoms with Crippen LogP contribution in [0.5, 0.6) is 0 Å². The van der Waals surface area contributed by atoms with Crippen molar-refractivity contribution in [2.75, 3.05) is 0 Å². The number of carbonyl (C=O) groups is 2. The van der Waals surface area contributed by atoms with E-state index in [0.29, 0.717) is 0 Å². The summed E-state index contributed by atoms with van der Waals surface area (Å²) in [5, 5.41) is 20.8. The standard InChI is InChI=1S/C7H10O7S.2K/c1-2-3-7(6(10)11,4-5(8)9)15(12,13)14;;/h2H,1,3-4H2,(H,8,9)(H,10,11)(H,12,13,14);;/q;2*+1/p-2. The van der Waals surface area contributed by atoms with Crippen molar-refractivity contribution in [3.8, 4) is 0 Å². The summed E-state index contributed by atoms with van der Waals surface area (Å²) in [4.78, 5) is 20.8. The number of carbonyl (C=O) groups excluding carboxylic acids is 2. The first-order valence-corrected chi connectivity index (χ1v) is 5.10. The zero-order chi connectivity index (χ0) is 12.3. The molecule has 0 aliphatic rings. The van der Waals surface area contributed by atoms with E-state index in [-0.39, 0.29) is 103 Å². The van der Waals surface area contributed by atoms with Gasteiger partial charge in [0.2, 0.25) is 0 Å². The van der Waals surface area contributed by atoms with E-state index in [4.69, 9.17) is 4.55 Å². The average Bonchev–Trinajstić information content (AvgIpc) is 1.99. The molecule has 1 unspecified atom stereocenters. The third kappa shape index (κ3) is 6.72. The van der Waals surface area contributed by atoms with E-state index >= 15 is 0 Å². The minimum atomic E-state index is -5.14. The molecule has 0 amide bonds. The normalized spacial score (nSPS) is 13.5. The second-order valence-electron chi connectivity index (χ2n) is 2.80. The predicted molar refractivity (Wildman–Crippen MR) is 43.7 cm³/mol. The first-order valence-electron chi connectivity index (χ1n) is 3.66. The van der Waals surface area contributed by atoms with Gasteiger partial charge in [0, 0.05) is 12.4 Å². The van der Waals surface area contributed by atoms with Crippen molar-refractivity contribution >= 4 is 22.1 Å². The van der Waals surface area contributed by atoms with Crippen LogP contribution in [0, 0.1) is 0 Å². The van der Waals surface area contributed by atoms with Crippen molar-refractivity contribution in [2.45, 2.75) is 17.6 Å². The van der Waals surface area contributed by atoms with Crippen molar-refractivity contribution in [3.63, 3.8) is 0 Å². The molecule has 10 heteroatoms. The van der Waals surface area contributed by atoms with Crippen LogP contribution in [-0.4, -0.2) is 29.7 Å². The summed E-state index contributed by atoms with van der Waals surface area (Å²) in [5.41, 5.74) is 0. The Bertz CT molecular complexity index is 391. The Balaban J connectivity index is -0.000000980. The Hall–Kier alpha value is 1.86. The van der Waals surface area contributed by atoms with Crippen molar-refractivity contribution in [3.05, 3.63) is 12.7 Å². The molecule has 0 fully saturated rings. The molecule has 7 nitrogen and oxygen atoms in total. The van der Waals surface area contributed by atoms with Crippen LogP contribution in [0.2, 0.25) is 0 Å². The summed E-state index contributed by atoms with van der Waals surface area (Å²) in [6.45, 7) is 3.07. The van der Waals surface area contributed by atoms with Crippen molar-refractivity contribution in [2.24, 2.45) is 0 Å². The van der Waals surface area contributed by atoms with Gasteiger partial charge in [0.1, 0.15) is 4.75 Å². The van der Waals surface area contributed by atoms with E-state index in [1.165, 1.54) is 0 Å². The minimum Gasteiger partial charge on any atom is -0.550 e. The maximum atomic E-state index is 10.8. The monoisotopic (exact) mass is 314 g/mol. The molecule has 1 atom stereocenters. The van der Waals surface area contributed by atoms with Crippen LogP contribution in [0.25, 0.3) is 0 Å². The summed E-state index contributed by atoms with van der Waals surface area (Å²) >= 11 is 0. The molecule has 0 saturated heterocycles. The van der Waals surface area contributed by atoms with Gasteiger partial charge >= 0.3 is 103 Å². The molecule has 0 bridgehead atoms. The minimum absolute atomic E-state index is 0. The zero-order valence-corrected chi connectivity index (χ0v) is 16.6. The number of aliphatic carboxylic acids is 2. The van der Waals surface area contributed by atoms with Gasteiger partial charge in [-0.3, -0.25) is 4.55 Å². The molecule has 17 heavy (non-hydrogen) atoms. The molecular formula is C7H8K2O7S. The summed E-state index contributed by atoms with van der Waals surface area (Å²) in [7, 11) is -5.14. The Morgan fingerprint density at radius 1 is 1.29 bits per heavy atom. The quantitative estimate of drug-likeness (QED) is 0.292. The summed E-state index contributed by atoms with van der Waals surface area (Å²) in [6, 6.07) is 0. The van der Waals surface area contributed by atoms with E-state index in [9.17, 15) is 28.2 Å². The third-order valence-corrected chi connectivity index (χ3v) is 3.23. The Morgan fingerprint density at radius 2 is 1.71 bits per heavy atom. The van der Waals surface area contributed by atoms with E-state index < -0.39 is 39.6 Å². The molecule has 0 aromatic heterocycles. The van der Waals surface area contributed by atoms with Crippen LogP contribution in [-0.2, 0) is 19.7 Å². The second kappa shape index (κ2) is 9.72. The molecule has 0 aromatic carbocycles. The summed E-state index contributed by atoms with van der Waals surface area (Å²) in [5.74, 6) is -4.15. The van der Waals surface area contributed by atoms with Crippen molar-refractivity contribution in [1.29, 1.82) is 0 Å². The number of hydrogen-bond donors (Lipinski definition) is 1. The maximum absolute atomic E-state index is 10.8. The first kappa shape index (κ1) is 23.9. The summed E-state index contributed by atoms with van der Waals surface area (Å²) in [6.07, 6.45) is -1.34. The van der Waals surface area contributed by atoms with E-state index in [2.05, 4.69) is 6.58 Å². The van der Waals surface area contributed by atoms with Gasteiger partial charge < -0.3 is 19.8 Å². The molecule has 0 spiro atoms. The zero-order valence-electron chi connectivity index (χ0n) is 9.50. The van der Waals surface area contributed by atoms with Crippen LogP contribution in [0.3, 0.4) is 0 Å². The van der Waals surface area contributed by atoms with Crippen LogP contribution >= 0.6 is 0 Å². The van der Waals surface area contributed by atoms with Gasteiger partial charge in [0.15, 0.2) is 0 Å². The van der Waals surface area contributed by atoms with Gasteiger partial charge in [-0.15, -0.1) is 6.58 Å². The number of carboxylic acids is 2.